The van der Waals surface area contributed by atoms with Crippen LogP contribution in [0.5, 0.6) is 0 Å². The van der Waals surface area contributed by atoms with Crippen LogP contribution in [-0.2, 0) is 28.5 Å². The van der Waals surface area contributed by atoms with E-state index in [2.05, 4.69) is 45.0 Å². The van der Waals surface area contributed by atoms with Gasteiger partial charge in [0.15, 0.2) is 6.54 Å². The number of hydrogen-bond acceptors (Lipinski definition) is 4. The van der Waals surface area contributed by atoms with Gasteiger partial charge in [-0.1, -0.05) is 63.2 Å². The second-order valence-corrected chi connectivity index (χ2v) is 9.76. The zero-order valence-corrected chi connectivity index (χ0v) is 17.9. The second kappa shape index (κ2) is 8.51. The molecule has 0 saturated heterocycles. The summed E-state index contributed by atoms with van der Waals surface area (Å²) in [4.78, 5) is 0. The quantitative estimate of drug-likeness (QED) is 0.430. The van der Waals surface area contributed by atoms with E-state index in [1.54, 1.807) is 0 Å². The van der Waals surface area contributed by atoms with Crippen molar-refractivity contribution in [1.29, 1.82) is 0 Å². The zero-order valence-electron chi connectivity index (χ0n) is 17.1. The van der Waals surface area contributed by atoms with E-state index in [-0.39, 0.29) is 11.8 Å². The summed E-state index contributed by atoms with van der Waals surface area (Å²) in [6.45, 7) is 6.82. The van der Waals surface area contributed by atoms with Gasteiger partial charge in [-0.2, -0.15) is 4.57 Å². The largest absolute Gasteiger partial charge is 0.748 e. The molecule has 3 rings (SSSR count). The Kier molecular flexibility index (Phi) is 6.24. The van der Waals surface area contributed by atoms with Crippen LogP contribution in [0.1, 0.15) is 44.2 Å². The Balaban J connectivity index is 1.94. The maximum Gasteiger partial charge on any atom is 0.373 e. The molecule has 0 bridgehead atoms. The molecule has 29 heavy (non-hydrogen) atoms. The third-order valence-electron chi connectivity index (χ3n) is 4.83. The molecule has 0 amide bonds. The number of oxazole rings is 1. The highest BCUT2D eigenvalue weighted by atomic mass is 32.2. The van der Waals surface area contributed by atoms with Crippen molar-refractivity contribution in [2.24, 2.45) is 0 Å². The van der Waals surface area contributed by atoms with Crippen LogP contribution in [0, 0.1) is 0 Å². The normalized spacial score (nSPS) is 12.8. The predicted octanol–water partition coefficient (Wildman–Crippen LogP) is 4.21. The number of nitrogens with zero attached hydrogens (tertiary/aromatic N) is 1. The lowest BCUT2D eigenvalue weighted by Gasteiger charge is -2.17. The van der Waals surface area contributed by atoms with Crippen molar-refractivity contribution in [2.75, 3.05) is 5.75 Å². The minimum Gasteiger partial charge on any atom is -0.748 e. The summed E-state index contributed by atoms with van der Waals surface area (Å²) in [5.41, 5.74) is 3.97. The van der Waals surface area contributed by atoms with Crippen LogP contribution in [0.15, 0.2) is 59.0 Å². The maximum atomic E-state index is 11.0. The van der Waals surface area contributed by atoms with Gasteiger partial charge in [0.2, 0.25) is 5.58 Å². The number of allylic oxidation sites excluding steroid dienone is 1. The zero-order chi connectivity index (χ0) is 21.1. The van der Waals surface area contributed by atoms with Gasteiger partial charge in [0.05, 0.1) is 10.1 Å². The summed E-state index contributed by atoms with van der Waals surface area (Å²) in [5, 5.41) is 0. The minimum absolute atomic E-state index is 0.0229. The lowest BCUT2D eigenvalue weighted by atomic mass is 9.87. The van der Waals surface area contributed by atoms with Crippen LogP contribution in [0.3, 0.4) is 0 Å². The molecule has 0 aliphatic rings. The van der Waals surface area contributed by atoms with Crippen molar-refractivity contribution in [1.82, 2.24) is 0 Å². The van der Waals surface area contributed by atoms with Crippen LogP contribution in [-0.4, -0.2) is 18.7 Å². The van der Waals surface area contributed by atoms with E-state index in [0.717, 1.165) is 23.1 Å². The van der Waals surface area contributed by atoms with E-state index in [4.69, 9.17) is 4.42 Å². The SMILES string of the molecule is CC(C)(C)c1ccc2oc(/C=C/Cc3ccccc3)[n+](CCCS(=O)(=O)[O-])c2c1. The Hall–Kier alpha value is -2.44. The van der Waals surface area contributed by atoms with Crippen LogP contribution in [0.4, 0.5) is 0 Å². The molecule has 0 spiro atoms. The molecular formula is C23H27NO4S. The van der Waals surface area contributed by atoms with Crippen molar-refractivity contribution >= 4 is 27.3 Å². The van der Waals surface area contributed by atoms with Gasteiger partial charge in [0.25, 0.3) is 5.52 Å². The van der Waals surface area contributed by atoms with Gasteiger partial charge in [-0.15, -0.1) is 0 Å². The molecule has 154 valence electrons. The van der Waals surface area contributed by atoms with Crippen LogP contribution >= 0.6 is 0 Å². The van der Waals surface area contributed by atoms with Gasteiger partial charge < -0.3 is 8.97 Å². The molecule has 0 radical (unpaired) electrons. The van der Waals surface area contributed by atoms with Crippen LogP contribution in [0.2, 0.25) is 0 Å². The average Bonchev–Trinajstić information content (AvgIpc) is 2.98. The van der Waals surface area contributed by atoms with Crippen molar-refractivity contribution < 1.29 is 22.0 Å². The van der Waals surface area contributed by atoms with E-state index < -0.39 is 15.9 Å². The Labute approximate surface area is 172 Å². The first-order chi connectivity index (χ1) is 13.6. The highest BCUT2D eigenvalue weighted by Gasteiger charge is 2.23. The predicted molar refractivity (Wildman–Crippen MR) is 113 cm³/mol. The number of aromatic nitrogens is 1. The summed E-state index contributed by atoms with van der Waals surface area (Å²) >= 11 is 0. The molecule has 1 aromatic heterocycles. The monoisotopic (exact) mass is 413 g/mol. The number of benzene rings is 2. The van der Waals surface area contributed by atoms with Crippen LogP contribution < -0.4 is 4.57 Å². The smallest absolute Gasteiger partial charge is 0.373 e. The third-order valence-corrected chi connectivity index (χ3v) is 5.62. The van der Waals surface area contributed by atoms with Crippen molar-refractivity contribution in [2.45, 2.75) is 45.6 Å². The number of aryl methyl sites for hydroxylation is 1. The number of rotatable bonds is 7. The summed E-state index contributed by atoms with van der Waals surface area (Å²) in [5.74, 6) is 0.254. The first-order valence-corrected chi connectivity index (χ1v) is 11.3. The highest BCUT2D eigenvalue weighted by molar-refractivity contribution is 7.85. The van der Waals surface area contributed by atoms with Gasteiger partial charge in [-0.3, -0.25) is 0 Å². The van der Waals surface area contributed by atoms with Crippen LogP contribution in [0.25, 0.3) is 17.2 Å². The standard InChI is InChI=1S/C23H27NO4S/c1-23(2,3)19-13-14-21-20(17-19)24(15-8-16-29(25,26)27)22(28-21)12-7-11-18-9-5-4-6-10-18/h4-7,9-10,12-14,17H,8,11,15-16H2,1-3H3/b12-7+. The summed E-state index contributed by atoms with van der Waals surface area (Å²) < 4.78 is 41.1. The molecule has 0 fully saturated rings. The first-order valence-electron chi connectivity index (χ1n) is 9.74. The summed E-state index contributed by atoms with van der Waals surface area (Å²) in [6.07, 6.45) is 4.94. The lowest BCUT2D eigenvalue weighted by Crippen LogP contribution is -2.36. The molecular weight excluding hydrogens is 386 g/mol. The van der Waals surface area contributed by atoms with E-state index in [1.807, 2.05) is 41.0 Å². The fourth-order valence-corrected chi connectivity index (χ4v) is 3.71. The fourth-order valence-electron chi connectivity index (χ4n) is 3.23. The fraction of sp³-hybridized carbons (Fsp3) is 0.348. The van der Waals surface area contributed by atoms with E-state index in [1.165, 1.54) is 5.56 Å². The molecule has 1 heterocycles. The number of hydrogen-bond donors (Lipinski definition) is 0. The summed E-state index contributed by atoms with van der Waals surface area (Å²) in [6, 6.07) is 16.2. The Morgan fingerprint density at radius 3 is 2.48 bits per heavy atom. The number of fused-ring (bicyclic) bond motifs is 1. The van der Waals surface area contributed by atoms with Crippen molar-refractivity contribution in [3.8, 4) is 0 Å². The van der Waals surface area contributed by atoms with Crippen molar-refractivity contribution in [3.63, 3.8) is 0 Å². The highest BCUT2D eigenvalue weighted by Crippen LogP contribution is 2.26. The molecule has 0 saturated carbocycles. The molecule has 0 N–H and O–H groups in total. The molecule has 5 nitrogen and oxygen atoms in total. The molecule has 6 heteroatoms. The third kappa shape index (κ3) is 5.78. The van der Waals surface area contributed by atoms with Gasteiger partial charge in [-0.05, 0) is 29.0 Å². The maximum absolute atomic E-state index is 11.0. The van der Waals surface area contributed by atoms with E-state index >= 15 is 0 Å². The van der Waals surface area contributed by atoms with Gasteiger partial charge >= 0.3 is 5.89 Å². The summed E-state index contributed by atoms with van der Waals surface area (Å²) in [7, 11) is -4.24. The minimum atomic E-state index is -4.24. The Morgan fingerprint density at radius 2 is 1.83 bits per heavy atom. The van der Waals surface area contributed by atoms with E-state index in [9.17, 15) is 13.0 Å². The lowest BCUT2D eigenvalue weighted by molar-refractivity contribution is -0.677. The molecule has 0 aliphatic heterocycles. The van der Waals surface area contributed by atoms with E-state index in [0.29, 0.717) is 12.4 Å². The van der Waals surface area contributed by atoms with Gasteiger partial charge in [-0.25, -0.2) is 8.42 Å². The molecule has 0 atom stereocenters. The molecule has 0 unspecified atom stereocenters. The Morgan fingerprint density at radius 1 is 1.10 bits per heavy atom. The topological polar surface area (TPSA) is 74.2 Å². The first kappa shape index (κ1) is 21.3. The molecule has 2 aromatic carbocycles. The molecule has 3 aromatic rings. The van der Waals surface area contributed by atoms with Crippen molar-refractivity contribution in [3.05, 3.63) is 71.6 Å². The average molecular weight is 414 g/mol. The molecule has 0 aliphatic carbocycles. The second-order valence-electron chi connectivity index (χ2n) is 8.23. The Bertz CT molecular complexity index is 1110. The van der Waals surface area contributed by atoms with Gasteiger partial charge in [0, 0.05) is 24.3 Å². The van der Waals surface area contributed by atoms with Gasteiger partial charge in [0.1, 0.15) is 0 Å².